The van der Waals surface area contributed by atoms with Crippen molar-refractivity contribution in [2.75, 3.05) is 20.3 Å². The highest BCUT2D eigenvalue weighted by Crippen LogP contribution is 2.30. The van der Waals surface area contributed by atoms with E-state index in [1.807, 2.05) is 6.07 Å². The maximum atomic E-state index is 12.5. The van der Waals surface area contributed by atoms with Crippen molar-refractivity contribution in [3.8, 4) is 11.5 Å². The fourth-order valence-electron chi connectivity index (χ4n) is 2.44. The van der Waals surface area contributed by atoms with Crippen molar-refractivity contribution in [3.05, 3.63) is 59.7 Å². The number of fused-ring (bicyclic) bond motifs is 1. The van der Waals surface area contributed by atoms with Crippen LogP contribution < -0.4 is 14.8 Å². The Bertz CT molecular complexity index is 744. The zero-order chi connectivity index (χ0) is 16.9. The van der Waals surface area contributed by atoms with Crippen LogP contribution in [-0.4, -0.2) is 32.2 Å². The lowest BCUT2D eigenvalue weighted by atomic mass is 10.1. The molecule has 0 radical (unpaired) electrons. The predicted molar refractivity (Wildman–Crippen MR) is 86.1 cm³/mol. The summed E-state index contributed by atoms with van der Waals surface area (Å²) in [6.45, 7) is 0.920. The first-order valence-electron chi connectivity index (χ1n) is 7.52. The molecule has 6 heteroatoms. The van der Waals surface area contributed by atoms with Crippen LogP contribution in [0.2, 0.25) is 0 Å². The first-order chi connectivity index (χ1) is 11.7. The summed E-state index contributed by atoms with van der Waals surface area (Å²) >= 11 is 0. The Hall–Kier alpha value is -3.02. The molecule has 0 bridgehead atoms. The normalized spacial score (nSPS) is 13.7. The molecule has 24 heavy (non-hydrogen) atoms. The number of benzene rings is 2. The van der Waals surface area contributed by atoms with E-state index in [2.05, 4.69) is 5.32 Å². The van der Waals surface area contributed by atoms with Crippen molar-refractivity contribution in [2.45, 2.75) is 6.04 Å². The van der Waals surface area contributed by atoms with Crippen molar-refractivity contribution < 1.29 is 23.8 Å². The third kappa shape index (κ3) is 3.32. The molecule has 0 saturated heterocycles. The lowest BCUT2D eigenvalue weighted by Crippen LogP contribution is -2.34. The summed E-state index contributed by atoms with van der Waals surface area (Å²) in [6, 6.07) is 13.0. The maximum Gasteiger partial charge on any atom is 0.333 e. The summed E-state index contributed by atoms with van der Waals surface area (Å²) in [7, 11) is 1.29. The average Bonchev–Trinajstić information content (AvgIpc) is 2.65. The first kappa shape index (κ1) is 15.9. The smallest absolute Gasteiger partial charge is 0.333 e. The Morgan fingerprint density at radius 1 is 1.04 bits per heavy atom. The van der Waals surface area contributed by atoms with E-state index < -0.39 is 17.9 Å². The third-order valence-electron chi connectivity index (χ3n) is 3.65. The summed E-state index contributed by atoms with van der Waals surface area (Å²) in [5.74, 6) is 0.187. The number of hydrogen-bond donors (Lipinski definition) is 1. The van der Waals surface area contributed by atoms with E-state index in [1.165, 1.54) is 7.11 Å². The van der Waals surface area contributed by atoms with Crippen LogP contribution in [0.5, 0.6) is 11.5 Å². The molecule has 2 aromatic carbocycles. The van der Waals surface area contributed by atoms with Crippen molar-refractivity contribution in [1.82, 2.24) is 5.32 Å². The topological polar surface area (TPSA) is 73.9 Å². The number of carbonyl (C=O) groups is 2. The SMILES string of the molecule is COC(=O)[C@H](NC(=O)c1ccc2c(c1)OCCO2)c1ccccc1. The van der Waals surface area contributed by atoms with Crippen LogP contribution in [0.4, 0.5) is 0 Å². The van der Waals surface area contributed by atoms with Gasteiger partial charge in [-0.15, -0.1) is 0 Å². The highest BCUT2D eigenvalue weighted by Gasteiger charge is 2.24. The Kier molecular flexibility index (Phi) is 4.65. The van der Waals surface area contributed by atoms with Gasteiger partial charge in [0.15, 0.2) is 17.5 Å². The Morgan fingerprint density at radius 3 is 2.46 bits per heavy atom. The minimum absolute atomic E-state index is 0.379. The largest absolute Gasteiger partial charge is 0.486 e. The van der Waals surface area contributed by atoms with Crippen LogP contribution in [0.1, 0.15) is 22.0 Å². The molecule has 3 rings (SSSR count). The highest BCUT2D eigenvalue weighted by atomic mass is 16.6. The average molecular weight is 327 g/mol. The van der Waals surface area contributed by atoms with E-state index in [1.54, 1.807) is 42.5 Å². The Morgan fingerprint density at radius 2 is 1.75 bits per heavy atom. The van der Waals surface area contributed by atoms with Crippen molar-refractivity contribution in [2.24, 2.45) is 0 Å². The van der Waals surface area contributed by atoms with E-state index in [0.717, 1.165) is 0 Å². The Labute approximate surface area is 139 Å². The van der Waals surface area contributed by atoms with E-state index in [0.29, 0.717) is 35.8 Å². The molecule has 1 heterocycles. The molecule has 1 N–H and O–H groups in total. The summed E-state index contributed by atoms with van der Waals surface area (Å²) in [5.41, 5.74) is 1.03. The molecule has 2 aromatic rings. The molecule has 1 aliphatic rings. The number of carbonyl (C=O) groups excluding carboxylic acids is 2. The lowest BCUT2D eigenvalue weighted by molar-refractivity contribution is -0.143. The van der Waals surface area contributed by atoms with Gasteiger partial charge in [-0.05, 0) is 23.8 Å². The monoisotopic (exact) mass is 327 g/mol. The van der Waals surface area contributed by atoms with E-state index in [9.17, 15) is 9.59 Å². The van der Waals surface area contributed by atoms with Crippen LogP contribution in [0.15, 0.2) is 48.5 Å². The first-order valence-corrected chi connectivity index (χ1v) is 7.52. The molecule has 0 spiro atoms. The molecular formula is C18H17NO5. The van der Waals surface area contributed by atoms with Gasteiger partial charge in [0.2, 0.25) is 0 Å². The van der Waals surface area contributed by atoms with E-state index in [4.69, 9.17) is 14.2 Å². The van der Waals surface area contributed by atoms with Gasteiger partial charge in [-0.2, -0.15) is 0 Å². The number of amides is 1. The summed E-state index contributed by atoms with van der Waals surface area (Å²) in [6.07, 6.45) is 0. The van der Waals surface area contributed by atoms with Gasteiger partial charge in [-0.3, -0.25) is 4.79 Å². The quantitative estimate of drug-likeness (QED) is 0.871. The summed E-state index contributed by atoms with van der Waals surface area (Å²) in [4.78, 5) is 24.5. The van der Waals surface area contributed by atoms with Gasteiger partial charge in [0.25, 0.3) is 5.91 Å². The number of ether oxygens (including phenoxy) is 3. The number of esters is 1. The van der Waals surface area contributed by atoms with Crippen molar-refractivity contribution in [3.63, 3.8) is 0 Å². The second-order valence-corrected chi connectivity index (χ2v) is 5.20. The van der Waals surface area contributed by atoms with Gasteiger partial charge in [0.1, 0.15) is 13.2 Å². The number of hydrogen-bond acceptors (Lipinski definition) is 5. The molecule has 0 aliphatic carbocycles. The standard InChI is InChI=1S/C18H17NO5/c1-22-18(21)16(12-5-3-2-4-6-12)19-17(20)13-7-8-14-15(11-13)24-10-9-23-14/h2-8,11,16H,9-10H2,1H3,(H,19,20)/t16-/m1/s1. The van der Waals surface area contributed by atoms with Gasteiger partial charge in [-0.25, -0.2) is 4.79 Å². The van der Waals surface area contributed by atoms with Gasteiger partial charge < -0.3 is 19.5 Å². The van der Waals surface area contributed by atoms with Crippen LogP contribution in [0.25, 0.3) is 0 Å². The summed E-state index contributed by atoms with van der Waals surface area (Å²) in [5, 5.41) is 2.70. The van der Waals surface area contributed by atoms with Crippen LogP contribution in [0, 0.1) is 0 Å². The molecule has 124 valence electrons. The van der Waals surface area contributed by atoms with Crippen LogP contribution in [0.3, 0.4) is 0 Å². The molecule has 0 fully saturated rings. The van der Waals surface area contributed by atoms with Crippen molar-refractivity contribution >= 4 is 11.9 Å². The fourth-order valence-corrected chi connectivity index (χ4v) is 2.44. The minimum atomic E-state index is -0.878. The van der Waals surface area contributed by atoms with E-state index >= 15 is 0 Å². The molecule has 1 aliphatic heterocycles. The molecule has 1 amide bonds. The number of rotatable bonds is 4. The van der Waals surface area contributed by atoms with E-state index in [-0.39, 0.29) is 0 Å². The molecule has 0 aromatic heterocycles. The van der Waals surface area contributed by atoms with Gasteiger partial charge in [-0.1, -0.05) is 30.3 Å². The number of methoxy groups -OCH3 is 1. The second-order valence-electron chi connectivity index (χ2n) is 5.20. The van der Waals surface area contributed by atoms with Gasteiger partial charge >= 0.3 is 5.97 Å². The minimum Gasteiger partial charge on any atom is -0.486 e. The van der Waals surface area contributed by atoms with Gasteiger partial charge in [0, 0.05) is 5.56 Å². The summed E-state index contributed by atoms with van der Waals surface area (Å²) < 4.78 is 15.7. The maximum absolute atomic E-state index is 12.5. The second kappa shape index (κ2) is 7.04. The number of nitrogens with one attached hydrogen (secondary N) is 1. The molecular weight excluding hydrogens is 310 g/mol. The molecule has 1 atom stereocenters. The highest BCUT2D eigenvalue weighted by molar-refractivity contribution is 5.97. The third-order valence-corrected chi connectivity index (χ3v) is 3.65. The van der Waals surface area contributed by atoms with Crippen molar-refractivity contribution in [1.29, 1.82) is 0 Å². The predicted octanol–water partition coefficient (Wildman–Crippen LogP) is 2.10. The molecule has 0 saturated carbocycles. The lowest BCUT2D eigenvalue weighted by Gasteiger charge is -2.20. The van der Waals surface area contributed by atoms with Crippen LogP contribution in [-0.2, 0) is 9.53 Å². The zero-order valence-electron chi connectivity index (χ0n) is 13.2. The Balaban J connectivity index is 1.82. The molecule has 6 nitrogen and oxygen atoms in total. The van der Waals surface area contributed by atoms with Crippen LogP contribution >= 0.6 is 0 Å². The fraction of sp³-hybridized carbons (Fsp3) is 0.222. The van der Waals surface area contributed by atoms with Gasteiger partial charge in [0.05, 0.1) is 7.11 Å². The zero-order valence-corrected chi connectivity index (χ0v) is 13.2. The molecule has 0 unspecified atom stereocenters.